The summed E-state index contributed by atoms with van der Waals surface area (Å²) in [5.74, 6) is -0.168. The summed E-state index contributed by atoms with van der Waals surface area (Å²) >= 11 is 0. The van der Waals surface area contributed by atoms with Crippen molar-refractivity contribution in [2.24, 2.45) is 0 Å². The lowest BCUT2D eigenvalue weighted by molar-refractivity contribution is -0.133. The average Bonchev–Trinajstić information content (AvgIpc) is 2.54. The molecular formula is C19H23NO2. The molecular weight excluding hydrogens is 274 g/mol. The Morgan fingerprint density at radius 3 is 2.50 bits per heavy atom. The zero-order chi connectivity index (χ0) is 15.9. The quantitative estimate of drug-likeness (QED) is 0.890. The van der Waals surface area contributed by atoms with E-state index in [4.69, 9.17) is 0 Å². The first kappa shape index (κ1) is 16.2. The van der Waals surface area contributed by atoms with Crippen molar-refractivity contribution in [3.63, 3.8) is 0 Å². The van der Waals surface area contributed by atoms with Crippen molar-refractivity contribution in [3.8, 4) is 0 Å². The first-order valence-electron chi connectivity index (χ1n) is 7.62. The highest BCUT2D eigenvalue weighted by Gasteiger charge is 2.21. The van der Waals surface area contributed by atoms with E-state index in [-0.39, 0.29) is 18.4 Å². The number of nitrogens with zero attached hydrogens (tertiary/aromatic N) is 1. The van der Waals surface area contributed by atoms with Crippen molar-refractivity contribution in [2.45, 2.75) is 26.3 Å². The monoisotopic (exact) mass is 297 g/mol. The highest BCUT2D eigenvalue weighted by Crippen LogP contribution is 2.20. The van der Waals surface area contributed by atoms with Gasteiger partial charge in [-0.1, -0.05) is 60.2 Å². The van der Waals surface area contributed by atoms with Crippen LogP contribution in [-0.4, -0.2) is 29.1 Å². The Bertz CT molecular complexity index is 610. The Labute approximate surface area is 132 Å². The van der Waals surface area contributed by atoms with Gasteiger partial charge in [-0.2, -0.15) is 0 Å². The molecule has 0 aliphatic rings. The topological polar surface area (TPSA) is 40.5 Å². The second-order valence-corrected chi connectivity index (χ2v) is 5.60. The maximum Gasteiger partial charge on any atom is 0.230 e. The van der Waals surface area contributed by atoms with Crippen LogP contribution in [0.25, 0.3) is 0 Å². The third-order valence-corrected chi connectivity index (χ3v) is 3.81. The highest BCUT2D eigenvalue weighted by atomic mass is 16.3. The summed E-state index contributed by atoms with van der Waals surface area (Å²) in [4.78, 5) is 14.5. The molecule has 3 heteroatoms. The van der Waals surface area contributed by atoms with E-state index in [1.807, 2.05) is 68.4 Å². The largest absolute Gasteiger partial charge is 0.395 e. The van der Waals surface area contributed by atoms with Crippen molar-refractivity contribution in [1.29, 1.82) is 0 Å². The number of carbonyl (C=O) groups excluding carboxylic acids is 1. The van der Waals surface area contributed by atoms with Crippen LogP contribution in [0.5, 0.6) is 0 Å². The molecule has 116 valence electrons. The molecule has 0 radical (unpaired) electrons. The zero-order valence-corrected chi connectivity index (χ0v) is 13.2. The number of rotatable bonds is 6. The molecule has 0 aliphatic heterocycles. The third kappa shape index (κ3) is 4.18. The van der Waals surface area contributed by atoms with Crippen LogP contribution in [0, 0.1) is 6.92 Å². The molecule has 0 saturated carbocycles. The number of aliphatic hydroxyl groups excluding tert-OH is 1. The second-order valence-electron chi connectivity index (χ2n) is 5.60. The van der Waals surface area contributed by atoms with Gasteiger partial charge in [-0.3, -0.25) is 4.79 Å². The van der Waals surface area contributed by atoms with Gasteiger partial charge in [-0.25, -0.2) is 0 Å². The van der Waals surface area contributed by atoms with Crippen molar-refractivity contribution < 1.29 is 9.90 Å². The van der Waals surface area contributed by atoms with Gasteiger partial charge in [0.15, 0.2) is 0 Å². The summed E-state index contributed by atoms with van der Waals surface area (Å²) in [5, 5.41) is 9.27. The number of carbonyl (C=O) groups is 1. The molecule has 2 aromatic carbocycles. The van der Waals surface area contributed by atoms with Gasteiger partial charge in [-0.15, -0.1) is 0 Å². The molecule has 0 heterocycles. The molecule has 2 aromatic rings. The van der Waals surface area contributed by atoms with E-state index in [9.17, 15) is 9.90 Å². The third-order valence-electron chi connectivity index (χ3n) is 3.81. The summed E-state index contributed by atoms with van der Waals surface area (Å²) in [5.41, 5.74) is 3.23. The highest BCUT2D eigenvalue weighted by molar-refractivity contribution is 5.83. The predicted octanol–water partition coefficient (Wildman–Crippen LogP) is 3.12. The first-order chi connectivity index (χ1) is 10.6. The lowest BCUT2D eigenvalue weighted by Gasteiger charge is -2.25. The van der Waals surface area contributed by atoms with Crippen molar-refractivity contribution in [2.75, 3.05) is 13.2 Å². The average molecular weight is 297 g/mol. The van der Waals surface area contributed by atoms with Gasteiger partial charge < -0.3 is 10.0 Å². The van der Waals surface area contributed by atoms with E-state index in [0.29, 0.717) is 13.1 Å². The number of aliphatic hydroxyl groups is 1. The summed E-state index contributed by atoms with van der Waals surface area (Å²) in [6.07, 6.45) is 0. The molecule has 0 aliphatic carbocycles. The maximum absolute atomic E-state index is 12.8. The standard InChI is InChI=1S/C19H23NO2/c1-15-7-6-10-18(13-15)16(2)19(22)20(11-12-21)14-17-8-4-3-5-9-17/h3-10,13,16,21H,11-12,14H2,1-2H3. The molecule has 0 fully saturated rings. The van der Waals surface area contributed by atoms with Crippen molar-refractivity contribution in [3.05, 3.63) is 71.3 Å². The Morgan fingerprint density at radius 1 is 1.14 bits per heavy atom. The van der Waals surface area contributed by atoms with Gasteiger partial charge in [0.05, 0.1) is 12.5 Å². The molecule has 0 aromatic heterocycles. The summed E-state index contributed by atoms with van der Waals surface area (Å²) in [6.45, 7) is 4.79. The van der Waals surface area contributed by atoms with Crippen LogP contribution in [0.1, 0.15) is 29.5 Å². The van der Waals surface area contributed by atoms with Crippen molar-refractivity contribution >= 4 is 5.91 Å². The second kappa shape index (κ2) is 7.76. The van der Waals surface area contributed by atoms with E-state index in [1.165, 1.54) is 0 Å². The number of benzene rings is 2. The Hall–Kier alpha value is -2.13. The summed E-state index contributed by atoms with van der Waals surface area (Å²) in [6, 6.07) is 17.9. The fourth-order valence-electron chi connectivity index (χ4n) is 2.55. The van der Waals surface area contributed by atoms with Crippen LogP contribution in [0.2, 0.25) is 0 Å². The smallest absolute Gasteiger partial charge is 0.230 e. The van der Waals surface area contributed by atoms with Gasteiger partial charge in [0.2, 0.25) is 5.91 Å². The molecule has 3 nitrogen and oxygen atoms in total. The van der Waals surface area contributed by atoms with Gasteiger partial charge >= 0.3 is 0 Å². The van der Waals surface area contributed by atoms with E-state index in [2.05, 4.69) is 0 Å². The fraction of sp³-hybridized carbons (Fsp3) is 0.316. The molecule has 1 amide bonds. The minimum absolute atomic E-state index is 0.0287. The lowest BCUT2D eigenvalue weighted by Crippen LogP contribution is -2.36. The Morgan fingerprint density at radius 2 is 1.86 bits per heavy atom. The minimum Gasteiger partial charge on any atom is -0.395 e. The van der Waals surface area contributed by atoms with Gasteiger partial charge in [0.1, 0.15) is 0 Å². The van der Waals surface area contributed by atoms with E-state index in [1.54, 1.807) is 4.90 Å². The number of hydrogen-bond acceptors (Lipinski definition) is 2. The van der Waals surface area contributed by atoms with Crippen LogP contribution in [0.3, 0.4) is 0 Å². The molecule has 1 N–H and O–H groups in total. The van der Waals surface area contributed by atoms with E-state index in [0.717, 1.165) is 16.7 Å². The van der Waals surface area contributed by atoms with Gasteiger partial charge in [0, 0.05) is 13.1 Å². The maximum atomic E-state index is 12.8. The van der Waals surface area contributed by atoms with E-state index >= 15 is 0 Å². The van der Waals surface area contributed by atoms with Crippen LogP contribution < -0.4 is 0 Å². The molecule has 1 unspecified atom stereocenters. The van der Waals surface area contributed by atoms with Crippen molar-refractivity contribution in [1.82, 2.24) is 4.90 Å². The van der Waals surface area contributed by atoms with Crippen LogP contribution >= 0.6 is 0 Å². The van der Waals surface area contributed by atoms with Gasteiger partial charge in [-0.05, 0) is 25.0 Å². The lowest BCUT2D eigenvalue weighted by atomic mass is 9.97. The Kier molecular flexibility index (Phi) is 5.73. The minimum atomic E-state index is -0.213. The normalized spacial score (nSPS) is 12.0. The molecule has 0 spiro atoms. The number of amides is 1. The first-order valence-corrected chi connectivity index (χ1v) is 7.62. The summed E-state index contributed by atoms with van der Waals surface area (Å²) < 4.78 is 0. The molecule has 22 heavy (non-hydrogen) atoms. The van der Waals surface area contributed by atoms with Gasteiger partial charge in [0.25, 0.3) is 0 Å². The fourth-order valence-corrected chi connectivity index (χ4v) is 2.55. The van der Waals surface area contributed by atoms with E-state index < -0.39 is 0 Å². The number of hydrogen-bond donors (Lipinski definition) is 1. The molecule has 2 rings (SSSR count). The van der Waals surface area contributed by atoms with Crippen LogP contribution in [0.4, 0.5) is 0 Å². The number of aryl methyl sites for hydroxylation is 1. The molecule has 1 atom stereocenters. The predicted molar refractivity (Wildman–Crippen MR) is 88.5 cm³/mol. The van der Waals surface area contributed by atoms with Crippen LogP contribution in [-0.2, 0) is 11.3 Å². The SMILES string of the molecule is Cc1cccc(C(C)C(=O)N(CCO)Cc2ccccc2)c1. The Balaban J connectivity index is 2.15. The molecule has 0 saturated heterocycles. The molecule has 0 bridgehead atoms. The zero-order valence-electron chi connectivity index (χ0n) is 13.2. The van der Waals surface area contributed by atoms with Crippen LogP contribution in [0.15, 0.2) is 54.6 Å². The summed E-state index contributed by atoms with van der Waals surface area (Å²) in [7, 11) is 0.